The molecule has 0 saturated carbocycles. The van der Waals surface area contributed by atoms with Crippen molar-refractivity contribution in [3.05, 3.63) is 11.5 Å². The van der Waals surface area contributed by atoms with E-state index in [-0.39, 0.29) is 0 Å². The lowest BCUT2D eigenvalue weighted by Crippen LogP contribution is -1.87. The topological polar surface area (TPSA) is 38.1 Å². The Morgan fingerprint density at radius 1 is 1.70 bits per heavy atom. The highest BCUT2D eigenvalue weighted by Gasteiger charge is 2.04. The van der Waals surface area contributed by atoms with E-state index in [4.69, 9.17) is 4.42 Å². The van der Waals surface area contributed by atoms with Crippen LogP contribution in [0.5, 0.6) is 0 Å². The third-order valence-electron chi connectivity index (χ3n) is 1.23. The van der Waals surface area contributed by atoms with Gasteiger partial charge in [-0.2, -0.15) is 4.98 Å². The first kappa shape index (κ1) is 7.60. The molecule has 0 bridgehead atoms. The number of aryl methyl sites for hydroxylation is 1. The van der Waals surface area contributed by atoms with Crippen molar-refractivity contribution in [1.82, 2.24) is 4.98 Å². The van der Waals surface area contributed by atoms with Crippen LogP contribution in [0.25, 0.3) is 0 Å². The number of hydrogen-bond acceptors (Lipinski definition) is 3. The average molecular weight is 205 g/mol. The van der Waals surface area contributed by atoms with Crippen molar-refractivity contribution < 1.29 is 4.42 Å². The molecule has 0 aliphatic heterocycles. The number of nitrogens with zero attached hydrogens (tertiary/aromatic N) is 1. The number of alkyl halides is 1. The van der Waals surface area contributed by atoms with Crippen LogP contribution in [0.1, 0.15) is 11.5 Å². The predicted octanol–water partition coefficient (Wildman–Crippen LogP) is 1.92. The molecule has 0 aliphatic rings. The van der Waals surface area contributed by atoms with Crippen molar-refractivity contribution >= 4 is 21.9 Å². The minimum Gasteiger partial charge on any atom is -0.429 e. The van der Waals surface area contributed by atoms with Crippen LogP contribution >= 0.6 is 15.9 Å². The molecule has 1 N–H and O–H groups in total. The standard InChI is InChI=1S/C6H9BrN2O/c1-4-5(3-7)9-6(8-2)10-4/h3H2,1-2H3,(H,8,9). The van der Waals surface area contributed by atoms with Crippen molar-refractivity contribution in [2.45, 2.75) is 12.3 Å². The first-order valence-electron chi connectivity index (χ1n) is 2.98. The van der Waals surface area contributed by atoms with Crippen LogP contribution < -0.4 is 5.32 Å². The first-order valence-corrected chi connectivity index (χ1v) is 4.10. The fraction of sp³-hybridized carbons (Fsp3) is 0.500. The van der Waals surface area contributed by atoms with E-state index in [1.807, 2.05) is 6.92 Å². The second-order valence-electron chi connectivity index (χ2n) is 1.91. The van der Waals surface area contributed by atoms with Gasteiger partial charge in [0.25, 0.3) is 6.01 Å². The van der Waals surface area contributed by atoms with E-state index in [1.165, 1.54) is 0 Å². The van der Waals surface area contributed by atoms with Gasteiger partial charge in [-0.15, -0.1) is 0 Å². The maximum absolute atomic E-state index is 5.20. The quantitative estimate of drug-likeness (QED) is 0.749. The molecule has 1 rings (SSSR count). The lowest BCUT2D eigenvalue weighted by atomic mass is 10.4. The van der Waals surface area contributed by atoms with E-state index >= 15 is 0 Å². The van der Waals surface area contributed by atoms with E-state index in [1.54, 1.807) is 7.05 Å². The van der Waals surface area contributed by atoms with Crippen molar-refractivity contribution in [3.8, 4) is 0 Å². The summed E-state index contributed by atoms with van der Waals surface area (Å²) in [6.45, 7) is 1.89. The number of oxazole rings is 1. The molecule has 0 aromatic carbocycles. The SMILES string of the molecule is CNc1nc(CBr)c(C)o1. The molecule has 0 aliphatic carbocycles. The van der Waals surface area contributed by atoms with E-state index in [0.29, 0.717) is 6.01 Å². The molecular weight excluding hydrogens is 196 g/mol. The van der Waals surface area contributed by atoms with E-state index in [2.05, 4.69) is 26.2 Å². The highest BCUT2D eigenvalue weighted by Crippen LogP contribution is 2.15. The van der Waals surface area contributed by atoms with Crippen LogP contribution in [-0.2, 0) is 5.33 Å². The molecule has 1 aromatic heterocycles. The molecule has 0 spiro atoms. The van der Waals surface area contributed by atoms with Gasteiger partial charge in [-0.1, -0.05) is 15.9 Å². The van der Waals surface area contributed by atoms with Gasteiger partial charge in [0.2, 0.25) is 0 Å². The minimum atomic E-state index is 0.576. The van der Waals surface area contributed by atoms with Gasteiger partial charge in [-0.25, -0.2) is 0 Å². The smallest absolute Gasteiger partial charge is 0.294 e. The van der Waals surface area contributed by atoms with Gasteiger partial charge < -0.3 is 9.73 Å². The minimum absolute atomic E-state index is 0.576. The maximum atomic E-state index is 5.20. The summed E-state index contributed by atoms with van der Waals surface area (Å²) in [7, 11) is 1.78. The lowest BCUT2D eigenvalue weighted by molar-refractivity contribution is 0.542. The number of anilines is 1. The van der Waals surface area contributed by atoms with Crippen LogP contribution in [-0.4, -0.2) is 12.0 Å². The highest BCUT2D eigenvalue weighted by atomic mass is 79.9. The Hall–Kier alpha value is -0.510. The number of halogens is 1. The molecule has 3 nitrogen and oxygen atoms in total. The van der Waals surface area contributed by atoms with Crippen LogP contribution in [0.4, 0.5) is 6.01 Å². The molecular formula is C6H9BrN2O. The number of rotatable bonds is 2. The summed E-state index contributed by atoms with van der Waals surface area (Å²) in [4.78, 5) is 4.12. The zero-order valence-corrected chi connectivity index (χ0v) is 7.53. The van der Waals surface area contributed by atoms with E-state index in [0.717, 1.165) is 16.8 Å². The first-order chi connectivity index (χ1) is 4.77. The Kier molecular flexibility index (Phi) is 2.32. The normalized spacial score (nSPS) is 9.90. The monoisotopic (exact) mass is 204 g/mol. The number of aromatic nitrogens is 1. The number of hydrogen-bond donors (Lipinski definition) is 1. The third-order valence-corrected chi connectivity index (χ3v) is 1.76. The Morgan fingerprint density at radius 2 is 2.40 bits per heavy atom. The molecule has 10 heavy (non-hydrogen) atoms. The molecule has 0 saturated heterocycles. The van der Waals surface area contributed by atoms with Gasteiger partial charge in [-0.3, -0.25) is 0 Å². The van der Waals surface area contributed by atoms with Crippen LogP contribution in [0.3, 0.4) is 0 Å². The second-order valence-corrected chi connectivity index (χ2v) is 2.47. The molecule has 0 fully saturated rings. The Morgan fingerprint density at radius 3 is 2.70 bits per heavy atom. The molecule has 0 amide bonds. The summed E-state index contributed by atoms with van der Waals surface area (Å²) in [6, 6.07) is 0.576. The van der Waals surface area contributed by atoms with Crippen molar-refractivity contribution in [2.24, 2.45) is 0 Å². The molecule has 0 radical (unpaired) electrons. The van der Waals surface area contributed by atoms with Crippen molar-refractivity contribution in [2.75, 3.05) is 12.4 Å². The molecule has 1 heterocycles. The van der Waals surface area contributed by atoms with Crippen LogP contribution in [0, 0.1) is 6.92 Å². The van der Waals surface area contributed by atoms with Gasteiger partial charge >= 0.3 is 0 Å². The Balaban J connectivity index is 2.92. The lowest BCUT2D eigenvalue weighted by Gasteiger charge is -1.85. The molecule has 0 atom stereocenters. The zero-order valence-electron chi connectivity index (χ0n) is 5.94. The summed E-state index contributed by atoms with van der Waals surface area (Å²) < 4.78 is 5.20. The number of nitrogens with one attached hydrogen (secondary N) is 1. The summed E-state index contributed by atoms with van der Waals surface area (Å²) >= 11 is 3.30. The fourth-order valence-electron chi connectivity index (χ4n) is 0.659. The van der Waals surface area contributed by atoms with Crippen LogP contribution in [0.15, 0.2) is 4.42 Å². The van der Waals surface area contributed by atoms with Gasteiger partial charge in [0.05, 0.1) is 5.69 Å². The van der Waals surface area contributed by atoms with Gasteiger partial charge in [0.15, 0.2) is 0 Å². The van der Waals surface area contributed by atoms with Crippen molar-refractivity contribution in [3.63, 3.8) is 0 Å². The third kappa shape index (κ3) is 1.31. The second kappa shape index (κ2) is 3.05. The summed E-state index contributed by atoms with van der Waals surface area (Å²) in [5.74, 6) is 0.862. The van der Waals surface area contributed by atoms with Crippen molar-refractivity contribution in [1.29, 1.82) is 0 Å². The molecule has 0 unspecified atom stereocenters. The zero-order chi connectivity index (χ0) is 7.56. The summed E-state index contributed by atoms with van der Waals surface area (Å²) in [5, 5.41) is 3.56. The average Bonchev–Trinajstić information content (AvgIpc) is 2.30. The molecule has 4 heteroatoms. The maximum Gasteiger partial charge on any atom is 0.294 e. The van der Waals surface area contributed by atoms with Crippen LogP contribution in [0.2, 0.25) is 0 Å². The predicted molar refractivity (Wildman–Crippen MR) is 43.4 cm³/mol. The molecule has 56 valence electrons. The van der Waals surface area contributed by atoms with Gasteiger partial charge in [0, 0.05) is 12.4 Å². The molecule has 1 aromatic rings. The Bertz CT molecular complexity index is 222. The summed E-state index contributed by atoms with van der Waals surface area (Å²) in [5.41, 5.74) is 0.948. The largest absolute Gasteiger partial charge is 0.429 e. The Labute approximate surface area is 68.0 Å². The van der Waals surface area contributed by atoms with E-state index < -0.39 is 0 Å². The highest BCUT2D eigenvalue weighted by molar-refractivity contribution is 9.08. The van der Waals surface area contributed by atoms with Gasteiger partial charge in [0.1, 0.15) is 5.76 Å². The van der Waals surface area contributed by atoms with E-state index in [9.17, 15) is 0 Å². The summed E-state index contributed by atoms with van der Waals surface area (Å²) in [6.07, 6.45) is 0. The van der Waals surface area contributed by atoms with Gasteiger partial charge in [-0.05, 0) is 6.92 Å². The fourth-order valence-corrected chi connectivity index (χ4v) is 1.18.